The summed E-state index contributed by atoms with van der Waals surface area (Å²) in [5.41, 5.74) is 23.9. The molecule has 24 N–H and O–H groups in total. The highest BCUT2D eigenvalue weighted by atomic mass is 32.1. The van der Waals surface area contributed by atoms with Crippen molar-refractivity contribution in [3.8, 4) is 5.75 Å². The first-order valence-electron chi connectivity index (χ1n) is 34.6. The van der Waals surface area contributed by atoms with Gasteiger partial charge >= 0.3 is 11.9 Å². The number of nitrogens with two attached hydrogens (primary N) is 4. The molecule has 0 aliphatic carbocycles. The average Bonchev–Trinajstić information content (AvgIpc) is 1.60. The van der Waals surface area contributed by atoms with Crippen molar-refractivity contribution in [1.29, 1.82) is 0 Å². The molecule has 1 heterocycles. The predicted molar refractivity (Wildman–Crippen MR) is 388 cm³/mol. The minimum Gasteiger partial charge on any atom is -0.508 e. The van der Waals surface area contributed by atoms with E-state index in [1.54, 1.807) is 74.5 Å². The van der Waals surface area contributed by atoms with Gasteiger partial charge in [0.15, 0.2) is 12.0 Å². The van der Waals surface area contributed by atoms with E-state index in [0.717, 1.165) is 11.8 Å². The maximum Gasteiger partial charge on any atom is 0.328 e. The number of phenolic OH excluding ortho intramolecular Hbond substituents is 1. The molecule has 3 aromatic rings. The van der Waals surface area contributed by atoms with Gasteiger partial charge in [-0.1, -0.05) is 86.6 Å². The molecule has 4 rings (SSSR count). The van der Waals surface area contributed by atoms with E-state index >= 15 is 0 Å². The molecule has 3 aromatic carbocycles. The lowest BCUT2D eigenvalue weighted by atomic mass is 10.0. The maximum atomic E-state index is 15.0. The minimum absolute atomic E-state index is 0.00783. The zero-order valence-corrected chi connectivity index (χ0v) is 60.4. The monoisotopic (exact) mass is 1500 g/mol. The van der Waals surface area contributed by atoms with Gasteiger partial charge in [0.25, 0.3) is 0 Å². The van der Waals surface area contributed by atoms with Gasteiger partial charge in [-0.15, -0.1) is 0 Å². The summed E-state index contributed by atoms with van der Waals surface area (Å²) >= 11 is 4.11. The third-order valence-electron chi connectivity index (χ3n) is 16.9. The minimum atomic E-state index is -1.79. The summed E-state index contributed by atoms with van der Waals surface area (Å²) in [6, 6.07) is 5.94. The third-order valence-corrected chi connectivity index (χ3v) is 17.3. The quantitative estimate of drug-likeness (QED) is 0.0109. The predicted octanol–water partition coefficient (Wildman–Crippen LogP) is -5.19. The number of carboxylic acid groups (broad SMARTS) is 2. The van der Waals surface area contributed by atoms with Crippen molar-refractivity contribution in [2.75, 3.05) is 38.5 Å². The van der Waals surface area contributed by atoms with E-state index in [9.17, 15) is 92.7 Å². The van der Waals surface area contributed by atoms with Crippen molar-refractivity contribution in [1.82, 2.24) is 63.4 Å². The van der Waals surface area contributed by atoms with Crippen LogP contribution in [0.4, 0.5) is 0 Å². The van der Waals surface area contributed by atoms with Crippen LogP contribution in [0.3, 0.4) is 0 Å². The van der Waals surface area contributed by atoms with Gasteiger partial charge in [0.2, 0.25) is 70.9 Å². The van der Waals surface area contributed by atoms with Crippen LogP contribution >= 0.6 is 12.6 Å². The first kappa shape index (κ1) is 87.9. The molecule has 13 atom stereocenters. The lowest BCUT2D eigenvalue weighted by Crippen LogP contribution is -2.62. The van der Waals surface area contributed by atoms with Crippen molar-refractivity contribution < 1.29 is 92.7 Å². The van der Waals surface area contributed by atoms with Gasteiger partial charge < -0.3 is 112 Å². The van der Waals surface area contributed by atoms with Crippen molar-refractivity contribution in [3.05, 3.63) is 102 Å². The molecule has 0 saturated carbocycles. The van der Waals surface area contributed by atoms with Crippen LogP contribution in [-0.4, -0.2) is 236 Å². The number of amides is 12. The number of benzene rings is 3. The average molecular weight is 1500 g/mol. The second kappa shape index (κ2) is 45.0. The van der Waals surface area contributed by atoms with Gasteiger partial charge in [-0.25, -0.2) is 4.79 Å². The van der Waals surface area contributed by atoms with Gasteiger partial charge in [0, 0.05) is 44.5 Å². The molecule has 0 radical (unpaired) electrons. The number of carbonyl (C=O) groups excluding carboxylic acids is 12. The van der Waals surface area contributed by atoms with E-state index in [0.29, 0.717) is 29.5 Å². The second-order valence-corrected chi connectivity index (χ2v) is 26.2. The van der Waals surface area contributed by atoms with E-state index in [2.05, 4.69) is 76.1 Å². The number of nitrogens with zero attached hydrogens (tertiary/aromatic N) is 2. The van der Waals surface area contributed by atoms with Crippen LogP contribution in [0.25, 0.3) is 0 Å². The largest absolute Gasteiger partial charge is 0.508 e. The topological polar surface area (TPSA) is 592 Å². The van der Waals surface area contributed by atoms with E-state index in [4.69, 9.17) is 22.9 Å². The SMILES string of the molecule is CC(C)[C@H](N)C(=O)N[C@@H](CS)C(=O)NCC(=O)N[C@@H](CCC(=O)O)C(=O)N[C@@H](CCCN=C(N)N)C(=O)NCC(=O)N[C@@H](Cc1ccccc1)C(=O)N[C@@H](Cc1ccccc1)C(=O)N[C@@H](Cc1ccc(O)cc1)C(=O)N[C@H](C(=O)N1CCC[C@H]1C(=O)N[C@@H](CCCCN)C(=O)N[C@H](C(=O)O)[C@@H](C)O)[C@@H](C)O. The number of aliphatic hydroxyl groups is 2. The van der Waals surface area contributed by atoms with E-state index in [-0.39, 0.29) is 94.4 Å². The first-order valence-corrected chi connectivity index (χ1v) is 35.2. The number of aliphatic imine (C=N–C) groups is 1. The summed E-state index contributed by atoms with van der Waals surface area (Å²) in [5, 5.41) is 77.9. The molecule has 106 heavy (non-hydrogen) atoms. The molecule has 37 heteroatoms. The van der Waals surface area contributed by atoms with Gasteiger partial charge in [0.1, 0.15) is 60.1 Å². The summed E-state index contributed by atoms with van der Waals surface area (Å²) in [6.07, 6.45) is -4.28. The Bertz CT molecular complexity index is 3500. The van der Waals surface area contributed by atoms with Crippen molar-refractivity contribution >= 4 is 101 Å². The fraction of sp³-hybridized carbons (Fsp3) is 0.522. The Kier molecular flexibility index (Phi) is 37.3. The number of thiol groups is 1. The zero-order valence-electron chi connectivity index (χ0n) is 59.5. The number of hydrogen-bond acceptors (Lipinski definition) is 21. The van der Waals surface area contributed by atoms with Crippen molar-refractivity contribution in [2.24, 2.45) is 33.8 Å². The summed E-state index contributed by atoms with van der Waals surface area (Å²) in [4.78, 5) is 196. The molecule has 1 fully saturated rings. The van der Waals surface area contributed by atoms with Crippen LogP contribution in [0.5, 0.6) is 5.75 Å². The lowest BCUT2D eigenvalue weighted by Gasteiger charge is -2.32. The van der Waals surface area contributed by atoms with Crippen LogP contribution in [0.2, 0.25) is 0 Å². The Labute approximate surface area is 618 Å². The smallest absolute Gasteiger partial charge is 0.328 e. The number of hydrogen-bond donors (Lipinski definition) is 21. The van der Waals surface area contributed by atoms with E-state index in [1.807, 2.05) is 0 Å². The summed E-state index contributed by atoms with van der Waals surface area (Å²) in [7, 11) is 0. The number of guanidine groups is 1. The van der Waals surface area contributed by atoms with Crippen LogP contribution in [-0.2, 0) is 86.4 Å². The van der Waals surface area contributed by atoms with Crippen LogP contribution in [0.15, 0.2) is 89.9 Å². The van der Waals surface area contributed by atoms with Crippen LogP contribution in [0, 0.1) is 5.92 Å². The standard InChI is InChI=1S/C69H101N17O19S/c1-37(2)55(71)66(102)83-50(36-106)59(95)76-34-52(90)77-46(26-27-54(92)93)60(96)79-44(20-13-29-74-69(72)73)58(94)75-35-53(91)78-47(31-40-15-7-5-8-16-40)62(98)81-48(32-41-17-9-6-10-18-41)63(99)82-49(33-42-22-24-43(89)25-23-42)64(100)84-56(38(3)87)67(103)86-30-14-21-51(86)65(101)80-45(19-11-12-28-70)61(97)85-57(39(4)88)68(104)105/h5-10,15-18,22-25,37-39,44-51,55-57,87-89,106H,11-14,19-21,26-36,70-71H2,1-4H3,(H,75,94)(H,76,95)(H,77,90)(H,78,91)(H,79,96)(H,80,101)(H,81,98)(H,82,99)(H,83,102)(H,84,100)(H,85,97)(H,92,93)(H,104,105)(H4,72,73,74)/t38-,39-,44+,45+,46+,47+,48+,49+,50+,51+,55+,56+,57+/m1/s1. The molecule has 1 aliphatic rings. The molecule has 0 bridgehead atoms. The number of carboxylic acids is 2. The second-order valence-electron chi connectivity index (χ2n) is 25.8. The molecule has 36 nitrogen and oxygen atoms in total. The molecular weight excluding hydrogens is 1400 g/mol. The molecule has 0 aromatic heterocycles. The Morgan fingerprint density at radius 2 is 0.962 bits per heavy atom. The normalized spacial score (nSPS) is 15.9. The number of unbranched alkanes of at least 4 members (excludes halogenated alkanes) is 1. The molecule has 1 aliphatic heterocycles. The van der Waals surface area contributed by atoms with Crippen molar-refractivity contribution in [3.63, 3.8) is 0 Å². The molecule has 1 saturated heterocycles. The molecular formula is C69H101N17O19S. The molecule has 582 valence electrons. The zero-order chi connectivity index (χ0) is 78.7. The summed E-state index contributed by atoms with van der Waals surface area (Å²) < 4.78 is 0. The fourth-order valence-corrected chi connectivity index (χ4v) is 11.2. The number of aliphatic carboxylic acids is 2. The van der Waals surface area contributed by atoms with E-state index in [1.165, 1.54) is 31.2 Å². The van der Waals surface area contributed by atoms with Gasteiger partial charge in [-0.2, -0.15) is 12.6 Å². The van der Waals surface area contributed by atoms with Crippen LogP contribution < -0.4 is 81.4 Å². The third kappa shape index (κ3) is 30.3. The lowest BCUT2D eigenvalue weighted by molar-refractivity contribution is -0.146. The molecule has 0 unspecified atom stereocenters. The highest BCUT2D eigenvalue weighted by Crippen LogP contribution is 2.21. The Balaban J connectivity index is 1.61. The Hall–Kier alpha value is -10.5. The number of carbonyl (C=O) groups is 14. The summed E-state index contributed by atoms with van der Waals surface area (Å²) in [6.45, 7) is 4.23. The Morgan fingerprint density at radius 3 is 1.45 bits per heavy atom. The highest BCUT2D eigenvalue weighted by molar-refractivity contribution is 7.80. The van der Waals surface area contributed by atoms with Gasteiger partial charge in [0.05, 0.1) is 31.3 Å². The highest BCUT2D eigenvalue weighted by Gasteiger charge is 2.42. The maximum absolute atomic E-state index is 15.0. The summed E-state index contributed by atoms with van der Waals surface area (Å²) in [5.74, 6) is -15.0. The number of nitrogens with one attached hydrogen (secondary N) is 11. The number of rotatable bonds is 45. The molecule has 0 spiro atoms. The number of likely N-dealkylation sites (tertiary alicyclic amines) is 1. The number of aliphatic hydroxyl groups excluding tert-OH is 2. The number of phenols is 1. The van der Waals surface area contributed by atoms with Crippen LogP contribution in [0.1, 0.15) is 102 Å². The van der Waals surface area contributed by atoms with Gasteiger partial charge in [-0.3, -0.25) is 67.3 Å². The van der Waals surface area contributed by atoms with Crippen molar-refractivity contribution in [2.45, 2.75) is 183 Å². The molecule has 12 amide bonds. The van der Waals surface area contributed by atoms with Gasteiger partial charge in [-0.05, 0) is 106 Å². The fourth-order valence-electron chi connectivity index (χ4n) is 11.0. The number of aromatic hydroxyl groups is 1. The first-order chi connectivity index (χ1) is 50.2. The van der Waals surface area contributed by atoms with E-state index < -0.39 is 187 Å². The Morgan fingerprint density at radius 1 is 0.528 bits per heavy atom.